The average molecular weight is 526 g/mol. The Labute approximate surface area is 224 Å². The van der Waals surface area contributed by atoms with Gasteiger partial charge in [-0.25, -0.2) is 0 Å². The molecule has 3 unspecified atom stereocenters. The minimum atomic E-state index is -0.531. The number of piperidine rings is 1. The quantitative estimate of drug-likeness (QED) is 0.525. The van der Waals surface area contributed by atoms with E-state index in [-0.39, 0.29) is 18.0 Å². The van der Waals surface area contributed by atoms with Gasteiger partial charge in [0.05, 0.1) is 32.4 Å². The third-order valence-corrected chi connectivity index (χ3v) is 9.14. The summed E-state index contributed by atoms with van der Waals surface area (Å²) < 4.78 is 10.9. The van der Waals surface area contributed by atoms with E-state index < -0.39 is 17.9 Å². The molecule has 5 heterocycles. The van der Waals surface area contributed by atoms with Crippen molar-refractivity contribution in [1.29, 1.82) is 0 Å². The van der Waals surface area contributed by atoms with E-state index in [2.05, 4.69) is 9.80 Å². The normalized spacial score (nSPS) is 28.1. The Bertz CT molecular complexity index is 1070. The topological polar surface area (TPSA) is 85.9 Å². The van der Waals surface area contributed by atoms with Gasteiger partial charge in [0, 0.05) is 58.9 Å². The number of benzene rings is 1. The fraction of sp³-hybridized carbons (Fsp3) is 0.679. The molecule has 206 valence electrons. The van der Waals surface area contributed by atoms with Gasteiger partial charge in [-0.1, -0.05) is 6.07 Å². The average Bonchev–Trinajstić information content (AvgIpc) is 2.98. The maximum absolute atomic E-state index is 13.8. The van der Waals surface area contributed by atoms with Crippen LogP contribution in [0.5, 0.6) is 5.75 Å². The number of fused-ring (bicyclic) bond motifs is 6. The van der Waals surface area contributed by atoms with E-state index in [1.54, 1.807) is 16.9 Å². The molecule has 6 rings (SSSR count). The highest BCUT2D eigenvalue weighted by Gasteiger charge is 2.53. The number of piperazine rings is 2. The standard InChI is InChI=1S/C28H39N5O5/c1-37-21-5-6-22-20(19-21)7-8-32-25(22)23-3-2-4-24(26(32)34)33(23)28(36)27(35)31-13-11-29(12-14-31)9-10-30-15-17-38-18-16-30/h5-6,19,23-25H,2-4,7-18H2,1H3. The fourth-order valence-corrected chi connectivity index (χ4v) is 7.02. The first kappa shape index (κ1) is 25.6. The molecule has 38 heavy (non-hydrogen) atoms. The fourth-order valence-electron chi connectivity index (χ4n) is 7.02. The lowest BCUT2D eigenvalue weighted by Gasteiger charge is -2.55. The van der Waals surface area contributed by atoms with Crippen LogP contribution in [-0.4, -0.2) is 134 Å². The van der Waals surface area contributed by atoms with Gasteiger partial charge in [-0.3, -0.25) is 24.2 Å². The van der Waals surface area contributed by atoms with E-state index in [9.17, 15) is 14.4 Å². The van der Waals surface area contributed by atoms with Crippen LogP contribution in [0, 0.1) is 0 Å². The van der Waals surface area contributed by atoms with E-state index in [1.807, 2.05) is 23.1 Å². The second-order valence-electron chi connectivity index (χ2n) is 11.1. The van der Waals surface area contributed by atoms with Crippen molar-refractivity contribution in [3.63, 3.8) is 0 Å². The molecule has 0 spiro atoms. The zero-order valence-corrected chi connectivity index (χ0v) is 22.3. The van der Waals surface area contributed by atoms with Crippen molar-refractivity contribution in [1.82, 2.24) is 24.5 Å². The molecule has 3 amide bonds. The largest absolute Gasteiger partial charge is 0.497 e. The summed E-state index contributed by atoms with van der Waals surface area (Å²) in [4.78, 5) is 51.0. The molecule has 0 radical (unpaired) electrons. The molecule has 0 aliphatic carbocycles. The van der Waals surface area contributed by atoms with Gasteiger partial charge in [-0.05, 0) is 48.9 Å². The highest BCUT2D eigenvalue weighted by atomic mass is 16.5. The Morgan fingerprint density at radius 2 is 1.68 bits per heavy atom. The van der Waals surface area contributed by atoms with Gasteiger partial charge in [0.15, 0.2) is 0 Å². The van der Waals surface area contributed by atoms with Crippen LogP contribution < -0.4 is 4.74 Å². The Morgan fingerprint density at radius 3 is 2.42 bits per heavy atom. The Hall–Kier alpha value is -2.69. The van der Waals surface area contributed by atoms with Crippen LogP contribution in [0.2, 0.25) is 0 Å². The summed E-state index contributed by atoms with van der Waals surface area (Å²) in [6.07, 6.45) is 3.08. The molecule has 0 aromatic heterocycles. The number of morpholine rings is 1. The van der Waals surface area contributed by atoms with Gasteiger partial charge in [-0.2, -0.15) is 0 Å². The Balaban J connectivity index is 1.14. The number of nitrogens with zero attached hydrogens (tertiary/aromatic N) is 5. The van der Waals surface area contributed by atoms with Gasteiger partial charge in [-0.15, -0.1) is 0 Å². The van der Waals surface area contributed by atoms with Crippen LogP contribution in [-0.2, 0) is 25.5 Å². The van der Waals surface area contributed by atoms with Crippen molar-refractivity contribution in [2.45, 2.75) is 43.8 Å². The molecule has 10 nitrogen and oxygen atoms in total. The van der Waals surface area contributed by atoms with Gasteiger partial charge in [0.1, 0.15) is 11.8 Å². The summed E-state index contributed by atoms with van der Waals surface area (Å²) in [6.45, 7) is 8.75. The number of carbonyl (C=O) groups excluding carboxylic acids is 3. The van der Waals surface area contributed by atoms with E-state index in [0.29, 0.717) is 26.1 Å². The molecule has 4 fully saturated rings. The second kappa shape index (κ2) is 10.8. The summed E-state index contributed by atoms with van der Waals surface area (Å²) in [5.74, 6) is -0.175. The number of hydrogen-bond donors (Lipinski definition) is 0. The molecule has 0 saturated carbocycles. The predicted octanol–water partition coefficient (Wildman–Crippen LogP) is 0.361. The van der Waals surface area contributed by atoms with Gasteiger partial charge < -0.3 is 24.2 Å². The number of hydrogen-bond acceptors (Lipinski definition) is 7. The van der Waals surface area contributed by atoms with E-state index >= 15 is 0 Å². The molecule has 1 aromatic rings. The maximum Gasteiger partial charge on any atom is 0.313 e. The summed E-state index contributed by atoms with van der Waals surface area (Å²) in [6, 6.07) is 5.09. The molecular formula is C28H39N5O5. The van der Waals surface area contributed by atoms with Gasteiger partial charge in [0.25, 0.3) is 0 Å². The highest BCUT2D eigenvalue weighted by Crippen LogP contribution is 2.45. The molecule has 0 N–H and O–H groups in total. The molecule has 3 atom stereocenters. The van der Waals surface area contributed by atoms with Crippen molar-refractivity contribution >= 4 is 17.7 Å². The van der Waals surface area contributed by atoms with Crippen molar-refractivity contribution in [2.24, 2.45) is 0 Å². The summed E-state index contributed by atoms with van der Waals surface area (Å²) in [5, 5.41) is 0. The van der Waals surface area contributed by atoms with E-state index in [0.717, 1.165) is 88.6 Å². The third-order valence-electron chi connectivity index (χ3n) is 9.14. The van der Waals surface area contributed by atoms with Crippen molar-refractivity contribution in [2.75, 3.05) is 79.2 Å². The third kappa shape index (κ3) is 4.67. The van der Waals surface area contributed by atoms with Crippen molar-refractivity contribution < 1.29 is 23.9 Å². The van der Waals surface area contributed by atoms with Gasteiger partial charge in [0.2, 0.25) is 5.91 Å². The minimum Gasteiger partial charge on any atom is -0.497 e. The van der Waals surface area contributed by atoms with Crippen LogP contribution in [0.25, 0.3) is 0 Å². The summed E-state index contributed by atoms with van der Waals surface area (Å²) >= 11 is 0. The molecule has 2 bridgehead atoms. The molecular weight excluding hydrogens is 486 g/mol. The summed E-state index contributed by atoms with van der Waals surface area (Å²) in [5.41, 5.74) is 2.24. The number of rotatable bonds is 4. The second-order valence-corrected chi connectivity index (χ2v) is 11.1. The van der Waals surface area contributed by atoms with Crippen LogP contribution in [0.1, 0.15) is 36.4 Å². The molecule has 5 aliphatic heterocycles. The Kier molecular flexibility index (Phi) is 7.29. The molecule has 10 heteroatoms. The lowest BCUT2D eigenvalue weighted by molar-refractivity contribution is -0.171. The van der Waals surface area contributed by atoms with Crippen LogP contribution in [0.3, 0.4) is 0 Å². The SMILES string of the molecule is COc1ccc2c(c1)CCN1C(=O)C3CCCC(C21)N3C(=O)C(=O)N1CCN(CCN2CCOCC2)CC1. The van der Waals surface area contributed by atoms with Crippen LogP contribution in [0.15, 0.2) is 18.2 Å². The van der Waals surface area contributed by atoms with Crippen LogP contribution in [0.4, 0.5) is 0 Å². The first-order chi connectivity index (χ1) is 18.5. The monoisotopic (exact) mass is 525 g/mol. The van der Waals surface area contributed by atoms with Crippen LogP contribution >= 0.6 is 0 Å². The number of methoxy groups -OCH3 is 1. The summed E-state index contributed by atoms with van der Waals surface area (Å²) in [7, 11) is 1.66. The smallest absolute Gasteiger partial charge is 0.313 e. The molecule has 4 saturated heterocycles. The maximum atomic E-state index is 13.8. The number of amides is 3. The predicted molar refractivity (Wildman–Crippen MR) is 140 cm³/mol. The number of carbonyl (C=O) groups is 3. The zero-order chi connectivity index (χ0) is 26.2. The molecule has 5 aliphatic rings. The van der Waals surface area contributed by atoms with Gasteiger partial charge >= 0.3 is 11.8 Å². The molecule has 1 aromatic carbocycles. The highest BCUT2D eigenvalue weighted by molar-refractivity contribution is 6.35. The zero-order valence-electron chi connectivity index (χ0n) is 22.3. The minimum absolute atomic E-state index is 0.0125. The lowest BCUT2D eigenvalue weighted by atomic mass is 9.78. The lowest BCUT2D eigenvalue weighted by Crippen LogP contribution is -2.69. The first-order valence-corrected chi connectivity index (χ1v) is 14.2. The Morgan fingerprint density at radius 1 is 0.947 bits per heavy atom. The number of ether oxygens (including phenoxy) is 2. The van der Waals surface area contributed by atoms with E-state index in [1.165, 1.54) is 0 Å². The van der Waals surface area contributed by atoms with Crippen molar-refractivity contribution in [3.8, 4) is 5.75 Å². The van der Waals surface area contributed by atoms with E-state index in [4.69, 9.17) is 9.47 Å². The van der Waals surface area contributed by atoms with Crippen molar-refractivity contribution in [3.05, 3.63) is 29.3 Å². The first-order valence-electron chi connectivity index (χ1n) is 14.2.